The molecule has 0 radical (unpaired) electrons. The molecule has 0 spiro atoms. The molecule has 1 heterocycles. The lowest BCUT2D eigenvalue weighted by molar-refractivity contribution is -0.137. The number of benzene rings is 2. The first-order chi connectivity index (χ1) is 8.47. The molecule has 18 heavy (non-hydrogen) atoms. The van der Waals surface area contributed by atoms with Crippen molar-refractivity contribution in [3.63, 3.8) is 0 Å². The molecule has 0 unspecified atom stereocenters. The van der Waals surface area contributed by atoms with Crippen molar-refractivity contribution in [2.24, 2.45) is 0 Å². The molecule has 3 rings (SSSR count). The fourth-order valence-electron chi connectivity index (χ4n) is 2.12. The number of rotatable bonds is 0. The zero-order chi connectivity index (χ0) is 12.9. The van der Waals surface area contributed by atoms with Crippen molar-refractivity contribution in [1.82, 2.24) is 4.98 Å². The van der Waals surface area contributed by atoms with Gasteiger partial charge in [-0.05, 0) is 24.3 Å². The molecule has 0 amide bonds. The first kappa shape index (κ1) is 11.0. The number of aromatic nitrogens is 1. The quantitative estimate of drug-likeness (QED) is 0.583. The van der Waals surface area contributed by atoms with E-state index in [2.05, 4.69) is 4.98 Å². The van der Waals surface area contributed by atoms with Gasteiger partial charge in [0.1, 0.15) is 0 Å². The number of H-pyrrole nitrogens is 1. The van der Waals surface area contributed by atoms with Crippen molar-refractivity contribution in [1.29, 1.82) is 0 Å². The molecule has 92 valence electrons. The SMILES string of the molecule is Nc1cccc2c1[nH]c1ccc(C(F)(F)F)cc12. The molecule has 5 heteroatoms. The van der Waals surface area contributed by atoms with Gasteiger partial charge in [-0.2, -0.15) is 13.2 Å². The Hall–Kier alpha value is -2.17. The highest BCUT2D eigenvalue weighted by atomic mass is 19.4. The summed E-state index contributed by atoms with van der Waals surface area (Å²) in [4.78, 5) is 3.03. The summed E-state index contributed by atoms with van der Waals surface area (Å²) in [5.41, 5.74) is 6.98. The van der Waals surface area contributed by atoms with Crippen molar-refractivity contribution < 1.29 is 13.2 Å². The van der Waals surface area contributed by atoms with Crippen LogP contribution in [0.5, 0.6) is 0 Å². The zero-order valence-electron chi connectivity index (χ0n) is 9.18. The molecule has 2 aromatic carbocycles. The van der Waals surface area contributed by atoms with Crippen LogP contribution in [0.25, 0.3) is 21.8 Å². The van der Waals surface area contributed by atoms with E-state index in [1.807, 2.05) is 0 Å². The molecule has 0 bridgehead atoms. The lowest BCUT2D eigenvalue weighted by Crippen LogP contribution is -2.03. The van der Waals surface area contributed by atoms with E-state index in [0.29, 0.717) is 27.5 Å². The highest BCUT2D eigenvalue weighted by Gasteiger charge is 2.30. The van der Waals surface area contributed by atoms with Crippen molar-refractivity contribution >= 4 is 27.5 Å². The summed E-state index contributed by atoms with van der Waals surface area (Å²) in [6, 6.07) is 8.83. The van der Waals surface area contributed by atoms with Crippen molar-refractivity contribution in [3.05, 3.63) is 42.0 Å². The number of nitrogen functional groups attached to an aromatic ring is 1. The second kappa shape index (κ2) is 3.41. The zero-order valence-corrected chi connectivity index (χ0v) is 9.18. The summed E-state index contributed by atoms with van der Waals surface area (Å²) in [6.45, 7) is 0. The number of nitrogens with one attached hydrogen (secondary N) is 1. The van der Waals surface area contributed by atoms with Crippen LogP contribution < -0.4 is 5.73 Å². The molecule has 0 atom stereocenters. The summed E-state index contributed by atoms with van der Waals surface area (Å²) in [6.07, 6.45) is -4.34. The van der Waals surface area contributed by atoms with Crippen LogP contribution in [-0.2, 0) is 6.18 Å². The summed E-state index contributed by atoms with van der Waals surface area (Å²) in [5, 5.41) is 1.24. The Morgan fingerprint density at radius 1 is 1.00 bits per heavy atom. The molecule has 0 aliphatic rings. The Morgan fingerprint density at radius 2 is 1.78 bits per heavy atom. The molecule has 3 N–H and O–H groups in total. The molecule has 0 saturated heterocycles. The van der Waals surface area contributed by atoms with E-state index < -0.39 is 11.7 Å². The Bertz CT molecular complexity index is 741. The Kier molecular flexibility index (Phi) is 2.08. The summed E-state index contributed by atoms with van der Waals surface area (Å²) in [5.74, 6) is 0. The van der Waals surface area contributed by atoms with Crippen LogP contribution in [0.3, 0.4) is 0 Å². The van der Waals surface area contributed by atoms with Crippen LogP contribution in [0.15, 0.2) is 36.4 Å². The Labute approximate surface area is 100 Å². The third-order valence-corrected chi connectivity index (χ3v) is 2.99. The Balaban J connectivity index is 2.40. The summed E-state index contributed by atoms with van der Waals surface area (Å²) in [7, 11) is 0. The average molecular weight is 250 g/mol. The smallest absolute Gasteiger partial charge is 0.397 e. The monoisotopic (exact) mass is 250 g/mol. The predicted octanol–water partition coefficient (Wildman–Crippen LogP) is 3.92. The fraction of sp³-hybridized carbons (Fsp3) is 0.0769. The maximum absolute atomic E-state index is 12.7. The van der Waals surface area contributed by atoms with E-state index in [0.717, 1.165) is 12.1 Å². The number of alkyl halides is 3. The lowest BCUT2D eigenvalue weighted by atomic mass is 10.1. The van der Waals surface area contributed by atoms with Gasteiger partial charge in [-0.1, -0.05) is 12.1 Å². The average Bonchev–Trinajstić information content (AvgIpc) is 2.67. The van der Waals surface area contributed by atoms with Gasteiger partial charge in [-0.15, -0.1) is 0 Å². The number of hydrogen-bond acceptors (Lipinski definition) is 1. The summed E-state index contributed by atoms with van der Waals surface area (Å²) >= 11 is 0. The molecule has 0 fully saturated rings. The van der Waals surface area contributed by atoms with Gasteiger partial charge in [0.05, 0.1) is 16.8 Å². The van der Waals surface area contributed by atoms with E-state index >= 15 is 0 Å². The number of fused-ring (bicyclic) bond motifs is 3. The van der Waals surface area contributed by atoms with Crippen LogP contribution in [0.2, 0.25) is 0 Å². The van der Waals surface area contributed by atoms with Gasteiger partial charge in [0.2, 0.25) is 0 Å². The number of anilines is 1. The first-order valence-electron chi connectivity index (χ1n) is 5.34. The van der Waals surface area contributed by atoms with Crippen LogP contribution in [0.1, 0.15) is 5.56 Å². The normalized spacial score (nSPS) is 12.4. The van der Waals surface area contributed by atoms with E-state index in [1.165, 1.54) is 6.07 Å². The van der Waals surface area contributed by atoms with Crippen LogP contribution in [0.4, 0.5) is 18.9 Å². The molecular formula is C13H9F3N2. The largest absolute Gasteiger partial charge is 0.416 e. The van der Waals surface area contributed by atoms with E-state index in [9.17, 15) is 13.2 Å². The van der Waals surface area contributed by atoms with Gasteiger partial charge in [-0.25, -0.2) is 0 Å². The van der Waals surface area contributed by atoms with E-state index in [1.54, 1.807) is 18.2 Å². The second-order valence-corrected chi connectivity index (χ2v) is 4.15. The van der Waals surface area contributed by atoms with Gasteiger partial charge >= 0.3 is 6.18 Å². The van der Waals surface area contributed by atoms with E-state index in [-0.39, 0.29) is 0 Å². The minimum Gasteiger partial charge on any atom is -0.397 e. The van der Waals surface area contributed by atoms with Gasteiger partial charge in [0, 0.05) is 16.3 Å². The number of halogens is 3. The molecule has 2 nitrogen and oxygen atoms in total. The highest BCUT2D eigenvalue weighted by molar-refractivity contribution is 6.10. The van der Waals surface area contributed by atoms with Crippen LogP contribution >= 0.6 is 0 Å². The van der Waals surface area contributed by atoms with Gasteiger partial charge in [-0.3, -0.25) is 0 Å². The maximum Gasteiger partial charge on any atom is 0.416 e. The van der Waals surface area contributed by atoms with Crippen molar-refractivity contribution in [3.8, 4) is 0 Å². The lowest BCUT2D eigenvalue weighted by Gasteiger charge is -2.05. The van der Waals surface area contributed by atoms with Gasteiger partial charge < -0.3 is 10.7 Å². The number of nitrogens with two attached hydrogens (primary N) is 1. The predicted molar refractivity (Wildman–Crippen MR) is 65.2 cm³/mol. The van der Waals surface area contributed by atoms with Gasteiger partial charge in [0.15, 0.2) is 0 Å². The minimum absolute atomic E-state index is 0.525. The van der Waals surface area contributed by atoms with E-state index in [4.69, 9.17) is 5.73 Å². The number of para-hydroxylation sites is 1. The topological polar surface area (TPSA) is 41.8 Å². The second-order valence-electron chi connectivity index (χ2n) is 4.15. The van der Waals surface area contributed by atoms with Crippen molar-refractivity contribution in [2.75, 3.05) is 5.73 Å². The molecule has 0 aliphatic carbocycles. The molecule has 0 saturated carbocycles. The highest BCUT2D eigenvalue weighted by Crippen LogP contribution is 2.35. The van der Waals surface area contributed by atoms with Crippen LogP contribution in [0, 0.1) is 0 Å². The molecule has 0 aliphatic heterocycles. The fourth-order valence-corrected chi connectivity index (χ4v) is 2.12. The third kappa shape index (κ3) is 1.51. The Morgan fingerprint density at radius 3 is 2.50 bits per heavy atom. The number of hydrogen-bond donors (Lipinski definition) is 2. The number of aromatic amines is 1. The first-order valence-corrected chi connectivity index (χ1v) is 5.34. The molecular weight excluding hydrogens is 241 g/mol. The standard InChI is InChI=1S/C13H9F3N2/c14-13(15,16)7-4-5-11-9(6-7)8-2-1-3-10(17)12(8)18-11/h1-6,18H,17H2. The van der Waals surface area contributed by atoms with Crippen molar-refractivity contribution in [2.45, 2.75) is 6.18 Å². The molecule has 3 aromatic rings. The third-order valence-electron chi connectivity index (χ3n) is 2.99. The van der Waals surface area contributed by atoms with Gasteiger partial charge in [0.25, 0.3) is 0 Å². The maximum atomic E-state index is 12.7. The summed E-state index contributed by atoms with van der Waals surface area (Å²) < 4.78 is 38.0. The minimum atomic E-state index is -4.34. The molecule has 1 aromatic heterocycles. The van der Waals surface area contributed by atoms with Crippen LogP contribution in [-0.4, -0.2) is 4.98 Å².